The molecule has 26 heavy (non-hydrogen) atoms. The average Bonchev–Trinajstić information content (AvgIpc) is 3.03. The third-order valence-electron chi connectivity index (χ3n) is 3.89. The molecule has 2 aromatic rings. The number of amides is 1. The SMILES string of the molecule is CC(C)(C)/C(=N/OCC(=O)Nc1ccc(C(C)(C)C)cc1)c1ccsc1. The highest BCUT2D eigenvalue weighted by Gasteiger charge is 2.22. The van der Waals surface area contributed by atoms with E-state index in [0.717, 1.165) is 17.0 Å². The molecule has 5 heteroatoms. The van der Waals surface area contributed by atoms with E-state index in [1.807, 2.05) is 41.1 Å². The van der Waals surface area contributed by atoms with Crippen LogP contribution in [0.2, 0.25) is 0 Å². The summed E-state index contributed by atoms with van der Waals surface area (Å²) in [6, 6.07) is 9.89. The highest BCUT2D eigenvalue weighted by molar-refractivity contribution is 7.08. The first-order valence-electron chi connectivity index (χ1n) is 8.71. The number of carbonyl (C=O) groups excluding carboxylic acids is 1. The maximum atomic E-state index is 12.1. The third-order valence-corrected chi connectivity index (χ3v) is 4.57. The lowest BCUT2D eigenvalue weighted by Crippen LogP contribution is -2.23. The molecular weight excluding hydrogens is 344 g/mol. The van der Waals surface area contributed by atoms with Crippen LogP contribution in [0.1, 0.15) is 52.7 Å². The molecule has 0 fully saturated rings. The van der Waals surface area contributed by atoms with E-state index < -0.39 is 0 Å². The topological polar surface area (TPSA) is 50.7 Å². The summed E-state index contributed by atoms with van der Waals surface area (Å²) in [5.74, 6) is -0.226. The van der Waals surface area contributed by atoms with Crippen LogP contribution in [0.15, 0.2) is 46.2 Å². The van der Waals surface area contributed by atoms with Gasteiger partial charge in [0.25, 0.3) is 5.91 Å². The van der Waals surface area contributed by atoms with Gasteiger partial charge in [-0.2, -0.15) is 11.3 Å². The number of nitrogens with one attached hydrogen (secondary N) is 1. The number of hydrogen-bond donors (Lipinski definition) is 1. The molecule has 0 saturated carbocycles. The molecule has 1 heterocycles. The minimum Gasteiger partial charge on any atom is -0.385 e. The zero-order valence-corrected chi connectivity index (χ0v) is 17.2. The molecule has 2 rings (SSSR count). The molecule has 0 spiro atoms. The molecule has 1 aromatic heterocycles. The number of thiophene rings is 1. The molecule has 0 bridgehead atoms. The van der Waals surface area contributed by atoms with Crippen molar-refractivity contribution in [3.05, 3.63) is 52.2 Å². The molecule has 1 amide bonds. The number of benzene rings is 1. The lowest BCUT2D eigenvalue weighted by Gasteiger charge is -2.20. The summed E-state index contributed by atoms with van der Waals surface area (Å²) in [4.78, 5) is 17.4. The maximum Gasteiger partial charge on any atom is 0.265 e. The summed E-state index contributed by atoms with van der Waals surface area (Å²) in [5.41, 5.74) is 3.76. The van der Waals surface area contributed by atoms with E-state index >= 15 is 0 Å². The largest absolute Gasteiger partial charge is 0.385 e. The second-order valence-corrected chi connectivity index (χ2v) is 9.13. The molecule has 0 aliphatic heterocycles. The highest BCUT2D eigenvalue weighted by atomic mass is 32.1. The van der Waals surface area contributed by atoms with E-state index in [1.54, 1.807) is 11.3 Å². The Morgan fingerprint density at radius 3 is 2.23 bits per heavy atom. The molecule has 1 N–H and O–H groups in total. The van der Waals surface area contributed by atoms with Gasteiger partial charge in [-0.1, -0.05) is 58.8 Å². The quantitative estimate of drug-likeness (QED) is 0.560. The molecule has 0 radical (unpaired) electrons. The first-order chi connectivity index (χ1) is 12.1. The first kappa shape index (κ1) is 20.2. The summed E-state index contributed by atoms with van der Waals surface area (Å²) in [5, 5.41) is 11.1. The predicted molar refractivity (Wildman–Crippen MR) is 110 cm³/mol. The van der Waals surface area contributed by atoms with Crippen LogP contribution in [0.4, 0.5) is 5.69 Å². The van der Waals surface area contributed by atoms with Crippen LogP contribution in [0.5, 0.6) is 0 Å². The maximum absolute atomic E-state index is 12.1. The molecule has 0 aliphatic carbocycles. The Hall–Kier alpha value is -2.14. The molecule has 0 aliphatic rings. The van der Waals surface area contributed by atoms with Gasteiger partial charge in [-0.25, -0.2) is 0 Å². The Morgan fingerprint density at radius 1 is 1.08 bits per heavy atom. The third kappa shape index (κ3) is 5.70. The van der Waals surface area contributed by atoms with E-state index in [0.29, 0.717) is 0 Å². The molecule has 140 valence electrons. The van der Waals surface area contributed by atoms with Crippen molar-refractivity contribution < 1.29 is 9.63 Å². The van der Waals surface area contributed by atoms with Crippen molar-refractivity contribution in [1.29, 1.82) is 0 Å². The number of hydrogen-bond acceptors (Lipinski definition) is 4. The van der Waals surface area contributed by atoms with Gasteiger partial charge in [-0.3, -0.25) is 4.79 Å². The number of carbonyl (C=O) groups is 1. The van der Waals surface area contributed by atoms with Crippen molar-refractivity contribution in [1.82, 2.24) is 0 Å². The zero-order valence-electron chi connectivity index (χ0n) is 16.4. The normalized spacial score (nSPS) is 12.8. The van der Waals surface area contributed by atoms with E-state index in [2.05, 4.69) is 52.0 Å². The fourth-order valence-electron chi connectivity index (χ4n) is 2.43. The molecular formula is C21H28N2O2S. The van der Waals surface area contributed by atoms with Gasteiger partial charge in [-0.05, 0) is 39.9 Å². The molecule has 0 atom stereocenters. The number of nitrogens with zero attached hydrogens (tertiary/aromatic N) is 1. The second-order valence-electron chi connectivity index (χ2n) is 8.35. The summed E-state index contributed by atoms with van der Waals surface area (Å²) in [7, 11) is 0. The van der Waals surface area contributed by atoms with Crippen molar-refractivity contribution in [2.75, 3.05) is 11.9 Å². The van der Waals surface area contributed by atoms with E-state index in [9.17, 15) is 4.79 Å². The Labute approximate surface area is 160 Å². The fraction of sp³-hybridized carbons (Fsp3) is 0.429. The molecule has 4 nitrogen and oxygen atoms in total. The van der Waals surface area contributed by atoms with Crippen molar-refractivity contribution >= 4 is 28.6 Å². The minimum absolute atomic E-state index is 0.0887. The summed E-state index contributed by atoms with van der Waals surface area (Å²) >= 11 is 1.61. The van der Waals surface area contributed by atoms with Crippen molar-refractivity contribution in [2.24, 2.45) is 10.6 Å². The average molecular weight is 373 g/mol. The second kappa shape index (κ2) is 8.04. The van der Waals surface area contributed by atoms with E-state index in [4.69, 9.17) is 4.84 Å². The highest BCUT2D eigenvalue weighted by Crippen LogP contribution is 2.24. The van der Waals surface area contributed by atoms with Crippen LogP contribution in [0.3, 0.4) is 0 Å². The van der Waals surface area contributed by atoms with Gasteiger partial charge in [0.1, 0.15) is 0 Å². The summed E-state index contributed by atoms with van der Waals surface area (Å²) in [6.07, 6.45) is 0. The van der Waals surface area contributed by atoms with Gasteiger partial charge in [-0.15, -0.1) is 0 Å². The lowest BCUT2D eigenvalue weighted by molar-refractivity contribution is -0.120. The van der Waals surface area contributed by atoms with Gasteiger partial charge < -0.3 is 10.2 Å². The van der Waals surface area contributed by atoms with Crippen LogP contribution < -0.4 is 5.32 Å². The monoisotopic (exact) mass is 372 g/mol. The smallest absolute Gasteiger partial charge is 0.265 e. The molecule has 0 unspecified atom stereocenters. The Bertz CT molecular complexity index is 749. The number of anilines is 1. The predicted octanol–water partition coefficient (Wildman–Crippen LogP) is 5.45. The Morgan fingerprint density at radius 2 is 1.73 bits per heavy atom. The van der Waals surface area contributed by atoms with Crippen LogP contribution in [-0.2, 0) is 15.0 Å². The van der Waals surface area contributed by atoms with Gasteiger partial charge in [0.05, 0.1) is 5.71 Å². The Balaban J connectivity index is 1.95. The van der Waals surface area contributed by atoms with Gasteiger partial charge in [0.2, 0.25) is 0 Å². The minimum atomic E-state index is -0.226. The lowest BCUT2D eigenvalue weighted by atomic mass is 9.87. The Kier molecular flexibility index (Phi) is 6.24. The van der Waals surface area contributed by atoms with Crippen LogP contribution in [-0.4, -0.2) is 18.2 Å². The van der Waals surface area contributed by atoms with Crippen molar-refractivity contribution in [3.8, 4) is 0 Å². The van der Waals surface area contributed by atoms with E-state index in [1.165, 1.54) is 5.56 Å². The van der Waals surface area contributed by atoms with Crippen LogP contribution in [0, 0.1) is 5.41 Å². The zero-order chi connectivity index (χ0) is 19.4. The van der Waals surface area contributed by atoms with Gasteiger partial charge in [0.15, 0.2) is 6.61 Å². The molecule has 1 aromatic carbocycles. The van der Waals surface area contributed by atoms with Crippen molar-refractivity contribution in [2.45, 2.75) is 47.0 Å². The molecule has 0 saturated heterocycles. The number of rotatable bonds is 5. The first-order valence-corrected chi connectivity index (χ1v) is 9.65. The van der Waals surface area contributed by atoms with E-state index in [-0.39, 0.29) is 23.3 Å². The van der Waals surface area contributed by atoms with Crippen LogP contribution in [0.25, 0.3) is 0 Å². The van der Waals surface area contributed by atoms with Gasteiger partial charge in [0, 0.05) is 16.7 Å². The number of oxime groups is 1. The van der Waals surface area contributed by atoms with Crippen LogP contribution >= 0.6 is 11.3 Å². The van der Waals surface area contributed by atoms with Crippen molar-refractivity contribution in [3.63, 3.8) is 0 Å². The summed E-state index contributed by atoms with van der Waals surface area (Å²) in [6.45, 7) is 12.6. The standard InChI is InChI=1S/C21H28N2O2S/c1-20(2,3)16-7-9-17(10-8-16)22-18(24)13-25-23-19(21(4,5)6)15-11-12-26-14-15/h7-12,14H,13H2,1-6H3,(H,22,24)/b23-19+. The summed E-state index contributed by atoms with van der Waals surface area (Å²) < 4.78 is 0. The fourth-order valence-corrected chi connectivity index (χ4v) is 3.07. The van der Waals surface area contributed by atoms with Gasteiger partial charge >= 0.3 is 0 Å².